The number of aromatic nitrogens is 4. The van der Waals surface area contributed by atoms with Crippen molar-refractivity contribution in [2.24, 2.45) is 0 Å². The van der Waals surface area contributed by atoms with Gasteiger partial charge in [0.1, 0.15) is 0 Å². The number of rotatable bonds is 8. The second kappa shape index (κ2) is 8.71. The largest absolute Gasteiger partial charge is 0.355 e. The maximum atomic E-state index is 12.1. The van der Waals surface area contributed by atoms with E-state index in [-0.39, 0.29) is 5.91 Å². The van der Waals surface area contributed by atoms with Crippen molar-refractivity contribution < 1.29 is 4.79 Å². The minimum atomic E-state index is 0.0237. The normalized spacial score (nSPS) is 10.8. The lowest BCUT2D eigenvalue weighted by atomic mass is 10.1. The lowest BCUT2D eigenvalue weighted by molar-refractivity contribution is -0.118. The van der Waals surface area contributed by atoms with Crippen LogP contribution in [0.25, 0.3) is 5.69 Å². The first-order valence-electron chi connectivity index (χ1n) is 8.59. The van der Waals surface area contributed by atoms with Crippen LogP contribution in [0.5, 0.6) is 0 Å². The summed E-state index contributed by atoms with van der Waals surface area (Å²) in [6, 6.07) is 6.38. The molecule has 2 aromatic heterocycles. The van der Waals surface area contributed by atoms with Gasteiger partial charge in [0.05, 0.1) is 12.1 Å². The van der Waals surface area contributed by atoms with E-state index in [0.717, 1.165) is 23.8 Å². The van der Waals surface area contributed by atoms with E-state index in [1.54, 1.807) is 18.7 Å². The highest BCUT2D eigenvalue weighted by atomic mass is 32.2. The molecule has 0 unspecified atom stereocenters. The Morgan fingerprint density at radius 1 is 1.15 bits per heavy atom. The van der Waals surface area contributed by atoms with Gasteiger partial charge in [-0.05, 0) is 43.5 Å². The third-order valence-corrected chi connectivity index (χ3v) is 4.87. The van der Waals surface area contributed by atoms with E-state index >= 15 is 0 Å². The first-order valence-corrected chi connectivity index (χ1v) is 9.57. The SMILES string of the molecule is Cc1cc(C)cc(-n2ccnc2SCC(=O)NCCCn2ccnc2)c1. The summed E-state index contributed by atoms with van der Waals surface area (Å²) in [5, 5.41) is 3.78. The van der Waals surface area contributed by atoms with Crippen LogP contribution in [-0.4, -0.2) is 37.3 Å². The third kappa shape index (κ3) is 4.98. The highest BCUT2D eigenvalue weighted by molar-refractivity contribution is 7.99. The molecule has 1 amide bonds. The first-order chi connectivity index (χ1) is 12.6. The monoisotopic (exact) mass is 369 g/mol. The smallest absolute Gasteiger partial charge is 0.230 e. The van der Waals surface area contributed by atoms with Gasteiger partial charge >= 0.3 is 0 Å². The quantitative estimate of drug-likeness (QED) is 0.490. The standard InChI is InChI=1S/C19H23N5OS/c1-15-10-16(2)12-17(11-15)24-9-6-22-19(24)26-13-18(25)21-4-3-7-23-8-5-20-14-23/h5-6,8-12,14H,3-4,7,13H2,1-2H3,(H,21,25). The van der Waals surface area contributed by atoms with Crippen LogP contribution in [0.1, 0.15) is 17.5 Å². The highest BCUT2D eigenvalue weighted by Gasteiger charge is 2.09. The Bertz CT molecular complexity index is 836. The minimum Gasteiger partial charge on any atom is -0.355 e. The maximum Gasteiger partial charge on any atom is 0.230 e. The molecular weight excluding hydrogens is 346 g/mol. The molecule has 0 aliphatic heterocycles. The van der Waals surface area contributed by atoms with Crippen molar-refractivity contribution in [1.29, 1.82) is 0 Å². The number of nitrogens with one attached hydrogen (secondary N) is 1. The van der Waals surface area contributed by atoms with Crippen LogP contribution in [0.2, 0.25) is 0 Å². The van der Waals surface area contributed by atoms with Crippen molar-refractivity contribution in [3.63, 3.8) is 0 Å². The molecule has 0 atom stereocenters. The summed E-state index contributed by atoms with van der Waals surface area (Å²) in [6.45, 7) is 5.67. The van der Waals surface area contributed by atoms with E-state index in [4.69, 9.17) is 0 Å². The van der Waals surface area contributed by atoms with Gasteiger partial charge in [-0.15, -0.1) is 0 Å². The summed E-state index contributed by atoms with van der Waals surface area (Å²) in [5.74, 6) is 0.378. The van der Waals surface area contributed by atoms with Gasteiger partial charge in [-0.2, -0.15) is 0 Å². The highest BCUT2D eigenvalue weighted by Crippen LogP contribution is 2.22. The zero-order valence-corrected chi connectivity index (χ0v) is 15.9. The van der Waals surface area contributed by atoms with Crippen molar-refractivity contribution in [3.05, 3.63) is 60.4 Å². The van der Waals surface area contributed by atoms with Crippen molar-refractivity contribution in [3.8, 4) is 5.69 Å². The van der Waals surface area contributed by atoms with Crippen LogP contribution in [0.15, 0.2) is 54.5 Å². The fourth-order valence-electron chi connectivity index (χ4n) is 2.77. The Kier molecular flexibility index (Phi) is 6.12. The number of benzene rings is 1. The molecule has 1 aromatic carbocycles. The number of carbonyl (C=O) groups excluding carboxylic acids is 1. The summed E-state index contributed by atoms with van der Waals surface area (Å²) >= 11 is 1.45. The average Bonchev–Trinajstić information content (AvgIpc) is 3.27. The number of thioether (sulfide) groups is 1. The van der Waals surface area contributed by atoms with Gasteiger partial charge in [0.25, 0.3) is 0 Å². The number of hydrogen-bond acceptors (Lipinski definition) is 4. The number of hydrogen-bond donors (Lipinski definition) is 1. The van der Waals surface area contributed by atoms with Crippen molar-refractivity contribution in [1.82, 2.24) is 24.4 Å². The van der Waals surface area contributed by atoms with Crippen LogP contribution >= 0.6 is 11.8 Å². The molecule has 0 radical (unpaired) electrons. The predicted octanol–water partition coefficient (Wildman–Crippen LogP) is 2.98. The molecule has 26 heavy (non-hydrogen) atoms. The van der Waals surface area contributed by atoms with Crippen LogP contribution in [0.3, 0.4) is 0 Å². The Labute approximate surface area is 157 Å². The molecule has 0 saturated carbocycles. The minimum absolute atomic E-state index is 0.0237. The molecule has 0 spiro atoms. The summed E-state index contributed by atoms with van der Waals surface area (Å²) in [6.07, 6.45) is 10.0. The molecule has 6 nitrogen and oxygen atoms in total. The van der Waals surface area contributed by atoms with Gasteiger partial charge in [0, 0.05) is 43.6 Å². The second-order valence-electron chi connectivity index (χ2n) is 6.22. The predicted molar refractivity (Wildman–Crippen MR) is 104 cm³/mol. The van der Waals surface area contributed by atoms with Crippen LogP contribution in [-0.2, 0) is 11.3 Å². The van der Waals surface area contributed by atoms with E-state index in [9.17, 15) is 4.79 Å². The number of amides is 1. The summed E-state index contributed by atoms with van der Waals surface area (Å²) < 4.78 is 4.03. The van der Waals surface area contributed by atoms with Gasteiger partial charge < -0.3 is 9.88 Å². The number of carbonyl (C=O) groups is 1. The molecule has 3 aromatic rings. The van der Waals surface area contributed by atoms with E-state index in [1.807, 2.05) is 21.5 Å². The molecule has 0 aliphatic carbocycles. The van der Waals surface area contributed by atoms with Gasteiger partial charge in [0.15, 0.2) is 5.16 Å². The van der Waals surface area contributed by atoms with E-state index in [2.05, 4.69) is 47.3 Å². The van der Waals surface area contributed by atoms with Crippen molar-refractivity contribution >= 4 is 17.7 Å². The van der Waals surface area contributed by atoms with Gasteiger partial charge in [0.2, 0.25) is 5.91 Å². The van der Waals surface area contributed by atoms with Crippen LogP contribution < -0.4 is 5.32 Å². The Morgan fingerprint density at radius 2 is 1.96 bits per heavy atom. The molecule has 0 fully saturated rings. The second-order valence-corrected chi connectivity index (χ2v) is 7.16. The molecule has 7 heteroatoms. The molecular formula is C19H23N5OS. The molecule has 0 bridgehead atoms. The summed E-state index contributed by atoms with van der Waals surface area (Å²) in [4.78, 5) is 20.5. The van der Waals surface area contributed by atoms with Crippen LogP contribution in [0.4, 0.5) is 0 Å². The van der Waals surface area contributed by atoms with Gasteiger partial charge in [-0.3, -0.25) is 9.36 Å². The maximum absolute atomic E-state index is 12.1. The first kappa shape index (κ1) is 18.3. The average molecular weight is 369 g/mol. The summed E-state index contributed by atoms with van der Waals surface area (Å²) in [7, 11) is 0. The zero-order valence-electron chi connectivity index (χ0n) is 15.1. The fraction of sp³-hybridized carbons (Fsp3) is 0.316. The molecule has 1 N–H and O–H groups in total. The fourth-order valence-corrected chi connectivity index (χ4v) is 3.58. The van der Waals surface area contributed by atoms with Gasteiger partial charge in [-0.25, -0.2) is 9.97 Å². The Hall–Kier alpha value is -2.54. The van der Waals surface area contributed by atoms with E-state index in [0.29, 0.717) is 12.3 Å². The molecule has 2 heterocycles. The third-order valence-electron chi connectivity index (χ3n) is 3.90. The molecule has 136 valence electrons. The van der Waals surface area contributed by atoms with E-state index < -0.39 is 0 Å². The molecule has 3 rings (SSSR count). The van der Waals surface area contributed by atoms with Gasteiger partial charge in [-0.1, -0.05) is 17.8 Å². The lowest BCUT2D eigenvalue weighted by Gasteiger charge is -2.10. The summed E-state index contributed by atoms with van der Waals surface area (Å²) in [5.41, 5.74) is 3.49. The number of nitrogens with zero attached hydrogens (tertiary/aromatic N) is 4. The lowest BCUT2D eigenvalue weighted by Crippen LogP contribution is -2.27. The van der Waals surface area contributed by atoms with E-state index in [1.165, 1.54) is 22.9 Å². The van der Waals surface area contributed by atoms with Crippen LogP contribution in [0, 0.1) is 13.8 Å². The van der Waals surface area contributed by atoms with Crippen molar-refractivity contribution in [2.75, 3.05) is 12.3 Å². The Balaban J connectivity index is 1.49. The Morgan fingerprint density at radius 3 is 2.69 bits per heavy atom. The zero-order chi connectivity index (χ0) is 18.4. The molecule has 0 saturated heterocycles. The topological polar surface area (TPSA) is 64.7 Å². The number of imidazole rings is 2. The molecule has 0 aliphatic rings. The number of aryl methyl sites for hydroxylation is 3. The van der Waals surface area contributed by atoms with Crippen molar-refractivity contribution in [2.45, 2.75) is 32.0 Å².